The second-order valence-corrected chi connectivity index (χ2v) is 4.60. The first kappa shape index (κ1) is 12.0. The van der Waals surface area contributed by atoms with E-state index in [-0.39, 0.29) is 6.17 Å². The van der Waals surface area contributed by atoms with Crippen LogP contribution in [0.2, 0.25) is 0 Å². The third kappa shape index (κ3) is 3.26. The molecular formula is C11H14BrN5. The minimum Gasteiger partial charge on any atom is -0.348 e. The number of anilines is 1. The van der Waals surface area contributed by atoms with Crippen LogP contribution in [0.25, 0.3) is 0 Å². The van der Waals surface area contributed by atoms with Crippen molar-refractivity contribution < 1.29 is 0 Å². The summed E-state index contributed by atoms with van der Waals surface area (Å²) in [6, 6.07) is 3.89. The Kier molecular flexibility index (Phi) is 4.08. The van der Waals surface area contributed by atoms with Gasteiger partial charge in [-0.2, -0.15) is 5.10 Å². The van der Waals surface area contributed by atoms with Gasteiger partial charge in [0.1, 0.15) is 24.6 Å². The summed E-state index contributed by atoms with van der Waals surface area (Å²) < 4.78 is 2.78. The second kappa shape index (κ2) is 5.77. The van der Waals surface area contributed by atoms with Gasteiger partial charge in [-0.3, -0.25) is 0 Å². The molecule has 0 aliphatic rings. The highest BCUT2D eigenvalue weighted by Crippen LogP contribution is 2.17. The van der Waals surface area contributed by atoms with E-state index >= 15 is 0 Å². The monoisotopic (exact) mass is 295 g/mol. The molecule has 1 N–H and O–H groups in total. The van der Waals surface area contributed by atoms with E-state index in [1.54, 1.807) is 18.9 Å². The first-order chi connectivity index (χ1) is 8.29. The summed E-state index contributed by atoms with van der Waals surface area (Å²) in [5.41, 5.74) is 0. The van der Waals surface area contributed by atoms with Gasteiger partial charge in [0.05, 0.1) is 0 Å². The third-order valence-electron chi connectivity index (χ3n) is 2.36. The van der Waals surface area contributed by atoms with E-state index in [0.29, 0.717) is 0 Å². The number of nitrogens with one attached hydrogen (secondary N) is 1. The van der Waals surface area contributed by atoms with Crippen LogP contribution < -0.4 is 5.32 Å². The van der Waals surface area contributed by atoms with Crippen LogP contribution in [0, 0.1) is 0 Å². The van der Waals surface area contributed by atoms with Gasteiger partial charge in [0.25, 0.3) is 0 Å². The molecule has 1 atom stereocenters. The standard InChI is InChI=1S/C11H14BrN5/c1-2-3-11(17-8-13-7-15-17)16-10-5-4-9(12)6-14-10/h4-8,11H,2-3H2,1H3,(H,14,16)/t11-/m0/s1. The van der Waals surface area contributed by atoms with E-state index in [1.807, 2.05) is 16.8 Å². The first-order valence-corrected chi connectivity index (χ1v) is 6.31. The average Bonchev–Trinajstić information content (AvgIpc) is 2.85. The fourth-order valence-corrected chi connectivity index (χ4v) is 1.79. The Morgan fingerprint density at radius 2 is 2.35 bits per heavy atom. The predicted octanol–water partition coefficient (Wildman–Crippen LogP) is 2.85. The maximum absolute atomic E-state index is 4.29. The average molecular weight is 296 g/mol. The normalized spacial score (nSPS) is 12.4. The van der Waals surface area contributed by atoms with Crippen LogP contribution in [0.1, 0.15) is 25.9 Å². The molecule has 0 unspecified atom stereocenters. The molecule has 0 spiro atoms. The van der Waals surface area contributed by atoms with Crippen molar-refractivity contribution in [2.75, 3.05) is 5.32 Å². The Morgan fingerprint density at radius 1 is 1.47 bits per heavy atom. The molecule has 0 amide bonds. The minimum absolute atomic E-state index is 0.0937. The van der Waals surface area contributed by atoms with Gasteiger partial charge in [0.15, 0.2) is 0 Å². The lowest BCUT2D eigenvalue weighted by Crippen LogP contribution is -2.19. The number of rotatable bonds is 5. The van der Waals surface area contributed by atoms with Gasteiger partial charge in [0, 0.05) is 10.7 Å². The summed E-state index contributed by atoms with van der Waals surface area (Å²) in [6.07, 6.45) is 7.16. The number of pyridine rings is 1. The number of halogens is 1. The molecule has 2 aromatic heterocycles. The van der Waals surface area contributed by atoms with Crippen molar-refractivity contribution >= 4 is 21.7 Å². The molecule has 2 heterocycles. The maximum atomic E-state index is 4.29. The van der Waals surface area contributed by atoms with Gasteiger partial charge in [-0.25, -0.2) is 14.6 Å². The van der Waals surface area contributed by atoms with Crippen LogP contribution in [0.4, 0.5) is 5.82 Å². The van der Waals surface area contributed by atoms with Crippen molar-refractivity contribution in [3.8, 4) is 0 Å². The number of aromatic nitrogens is 4. The van der Waals surface area contributed by atoms with E-state index in [2.05, 4.69) is 43.2 Å². The highest BCUT2D eigenvalue weighted by atomic mass is 79.9. The Labute approximate surface area is 108 Å². The highest BCUT2D eigenvalue weighted by molar-refractivity contribution is 9.10. The first-order valence-electron chi connectivity index (χ1n) is 5.52. The second-order valence-electron chi connectivity index (χ2n) is 3.69. The lowest BCUT2D eigenvalue weighted by atomic mass is 10.2. The van der Waals surface area contributed by atoms with Crippen molar-refractivity contribution in [3.63, 3.8) is 0 Å². The van der Waals surface area contributed by atoms with Gasteiger partial charge < -0.3 is 5.32 Å². The van der Waals surface area contributed by atoms with Crippen molar-refractivity contribution in [3.05, 3.63) is 35.5 Å². The van der Waals surface area contributed by atoms with E-state index < -0.39 is 0 Å². The Hall–Kier alpha value is -1.43. The van der Waals surface area contributed by atoms with Crippen molar-refractivity contribution in [2.45, 2.75) is 25.9 Å². The SMILES string of the molecule is CCC[C@@H](Nc1ccc(Br)cn1)n1cncn1. The highest BCUT2D eigenvalue weighted by Gasteiger charge is 2.10. The number of nitrogens with zero attached hydrogens (tertiary/aromatic N) is 4. The lowest BCUT2D eigenvalue weighted by molar-refractivity contribution is 0.464. The van der Waals surface area contributed by atoms with Gasteiger partial charge in [-0.15, -0.1) is 0 Å². The fourth-order valence-electron chi connectivity index (χ4n) is 1.55. The van der Waals surface area contributed by atoms with E-state index in [9.17, 15) is 0 Å². The minimum atomic E-state index is 0.0937. The summed E-state index contributed by atoms with van der Waals surface area (Å²) in [4.78, 5) is 8.26. The summed E-state index contributed by atoms with van der Waals surface area (Å²) in [6.45, 7) is 2.14. The lowest BCUT2D eigenvalue weighted by Gasteiger charge is -2.18. The zero-order chi connectivity index (χ0) is 12.1. The van der Waals surface area contributed by atoms with Crippen molar-refractivity contribution in [1.82, 2.24) is 19.7 Å². The van der Waals surface area contributed by atoms with Crippen LogP contribution in [-0.2, 0) is 0 Å². The van der Waals surface area contributed by atoms with Crippen LogP contribution in [-0.4, -0.2) is 19.7 Å². The quantitative estimate of drug-likeness (QED) is 0.921. The van der Waals surface area contributed by atoms with Crippen molar-refractivity contribution in [1.29, 1.82) is 0 Å². The summed E-state index contributed by atoms with van der Waals surface area (Å²) in [5, 5.41) is 7.49. The zero-order valence-electron chi connectivity index (χ0n) is 9.55. The van der Waals surface area contributed by atoms with Gasteiger partial charge in [0.2, 0.25) is 0 Å². The molecule has 0 saturated heterocycles. The number of hydrogen-bond donors (Lipinski definition) is 1. The van der Waals surface area contributed by atoms with Gasteiger partial charge >= 0.3 is 0 Å². The molecule has 0 radical (unpaired) electrons. The molecule has 0 aliphatic heterocycles. The molecule has 2 rings (SSSR count). The van der Waals surface area contributed by atoms with E-state index in [0.717, 1.165) is 23.1 Å². The molecule has 0 fully saturated rings. The maximum Gasteiger partial charge on any atom is 0.137 e. The molecular weight excluding hydrogens is 282 g/mol. The largest absolute Gasteiger partial charge is 0.348 e. The van der Waals surface area contributed by atoms with Crippen LogP contribution >= 0.6 is 15.9 Å². The zero-order valence-corrected chi connectivity index (χ0v) is 11.1. The molecule has 0 saturated carbocycles. The molecule has 0 aliphatic carbocycles. The van der Waals surface area contributed by atoms with E-state index in [1.165, 1.54) is 0 Å². The molecule has 6 heteroatoms. The Balaban J connectivity index is 2.10. The van der Waals surface area contributed by atoms with Gasteiger partial charge in [-0.1, -0.05) is 13.3 Å². The molecule has 0 aromatic carbocycles. The Morgan fingerprint density at radius 3 is 2.94 bits per heavy atom. The summed E-state index contributed by atoms with van der Waals surface area (Å²) in [5.74, 6) is 0.835. The third-order valence-corrected chi connectivity index (χ3v) is 2.83. The summed E-state index contributed by atoms with van der Waals surface area (Å²) >= 11 is 3.36. The Bertz CT molecular complexity index is 439. The molecule has 2 aromatic rings. The molecule has 90 valence electrons. The molecule has 17 heavy (non-hydrogen) atoms. The topological polar surface area (TPSA) is 55.6 Å². The smallest absolute Gasteiger partial charge is 0.137 e. The predicted molar refractivity (Wildman–Crippen MR) is 69.5 cm³/mol. The van der Waals surface area contributed by atoms with Crippen LogP contribution in [0.15, 0.2) is 35.5 Å². The van der Waals surface area contributed by atoms with Crippen LogP contribution in [0.3, 0.4) is 0 Å². The summed E-state index contributed by atoms with van der Waals surface area (Å²) in [7, 11) is 0. The molecule has 5 nitrogen and oxygen atoms in total. The van der Waals surface area contributed by atoms with Crippen molar-refractivity contribution in [2.24, 2.45) is 0 Å². The fraction of sp³-hybridized carbons (Fsp3) is 0.364. The van der Waals surface area contributed by atoms with Gasteiger partial charge in [-0.05, 0) is 34.5 Å². The molecule has 0 bridgehead atoms. The van der Waals surface area contributed by atoms with E-state index in [4.69, 9.17) is 0 Å². The number of hydrogen-bond acceptors (Lipinski definition) is 4. The van der Waals surface area contributed by atoms with Crippen LogP contribution in [0.5, 0.6) is 0 Å².